The van der Waals surface area contributed by atoms with Gasteiger partial charge in [0.2, 0.25) is 5.91 Å². The lowest BCUT2D eigenvalue weighted by atomic mass is 10.1. The predicted octanol–water partition coefficient (Wildman–Crippen LogP) is 3.90. The summed E-state index contributed by atoms with van der Waals surface area (Å²) in [5.74, 6) is -0.0285. The molecule has 2 aromatic carbocycles. The van der Waals surface area contributed by atoms with Crippen molar-refractivity contribution in [3.8, 4) is 5.75 Å². The highest BCUT2D eigenvalue weighted by Gasteiger charge is 2.20. The van der Waals surface area contributed by atoms with E-state index in [4.69, 9.17) is 0 Å². The number of nitrogens with zero attached hydrogens (tertiary/aromatic N) is 1. The Morgan fingerprint density at radius 2 is 1.96 bits per heavy atom. The summed E-state index contributed by atoms with van der Waals surface area (Å²) in [5.41, 5.74) is 2.19. The Balaban J connectivity index is 1.62. The molecule has 5 nitrogen and oxygen atoms in total. The van der Waals surface area contributed by atoms with E-state index < -0.39 is 6.61 Å². The number of benzene rings is 2. The minimum Gasteiger partial charge on any atom is -0.435 e. The first kappa shape index (κ1) is 19.8. The first-order chi connectivity index (χ1) is 13.4. The molecule has 3 rings (SSSR count). The Hall–Kier alpha value is -2.96. The number of alkyl halides is 2. The number of hydrogen-bond donors (Lipinski definition) is 1. The van der Waals surface area contributed by atoms with E-state index in [1.165, 1.54) is 12.1 Å². The molecule has 7 heteroatoms. The summed E-state index contributed by atoms with van der Waals surface area (Å²) in [7, 11) is 0. The molecule has 1 aliphatic rings. The van der Waals surface area contributed by atoms with Crippen molar-refractivity contribution in [1.82, 2.24) is 10.2 Å². The van der Waals surface area contributed by atoms with Gasteiger partial charge in [-0.05, 0) is 48.7 Å². The quantitative estimate of drug-likeness (QED) is 0.783. The van der Waals surface area contributed by atoms with Gasteiger partial charge in [0, 0.05) is 25.1 Å². The van der Waals surface area contributed by atoms with Gasteiger partial charge in [-0.15, -0.1) is 0 Å². The van der Waals surface area contributed by atoms with Gasteiger partial charge < -0.3 is 15.0 Å². The van der Waals surface area contributed by atoms with Gasteiger partial charge in [-0.2, -0.15) is 8.78 Å². The van der Waals surface area contributed by atoms with Crippen LogP contribution in [0.25, 0.3) is 0 Å². The fourth-order valence-electron chi connectivity index (χ4n) is 3.20. The van der Waals surface area contributed by atoms with Gasteiger partial charge >= 0.3 is 6.61 Å². The molecule has 2 amide bonds. The van der Waals surface area contributed by atoms with Crippen molar-refractivity contribution < 1.29 is 23.1 Å². The van der Waals surface area contributed by atoms with E-state index in [9.17, 15) is 18.4 Å². The van der Waals surface area contributed by atoms with Crippen molar-refractivity contribution in [1.29, 1.82) is 0 Å². The monoisotopic (exact) mass is 388 g/mol. The molecular formula is C21H22F2N2O3. The molecule has 148 valence electrons. The van der Waals surface area contributed by atoms with Crippen LogP contribution >= 0.6 is 0 Å². The Morgan fingerprint density at radius 3 is 2.61 bits per heavy atom. The largest absolute Gasteiger partial charge is 0.435 e. The molecule has 1 heterocycles. The molecule has 0 aromatic heterocycles. The molecule has 1 saturated heterocycles. The van der Waals surface area contributed by atoms with Crippen LogP contribution in [0.15, 0.2) is 48.5 Å². The van der Waals surface area contributed by atoms with E-state index in [1.807, 2.05) is 13.0 Å². The Bertz CT molecular complexity index is 840. The molecule has 0 spiro atoms. The molecule has 1 atom stereocenters. The highest BCUT2D eigenvalue weighted by atomic mass is 19.3. The molecule has 1 N–H and O–H groups in total. The van der Waals surface area contributed by atoms with E-state index in [1.54, 1.807) is 35.2 Å². The molecule has 0 bridgehead atoms. The van der Waals surface area contributed by atoms with Crippen molar-refractivity contribution in [2.45, 2.75) is 39.0 Å². The Kier molecular flexibility index (Phi) is 6.23. The van der Waals surface area contributed by atoms with Gasteiger partial charge in [-0.25, -0.2) is 0 Å². The normalized spacial score (nSPS) is 15.0. The molecule has 1 aliphatic heterocycles. The summed E-state index contributed by atoms with van der Waals surface area (Å²) in [5, 5.41) is 2.89. The molecule has 0 saturated carbocycles. The topological polar surface area (TPSA) is 58.6 Å². The molecular weight excluding hydrogens is 366 g/mol. The fraction of sp³-hybridized carbons (Fsp3) is 0.333. The SMILES string of the molecule is CC(NC(=O)c1cccc(CN2CCCC2=O)c1)c1ccc(OC(F)F)cc1. The third-order valence-corrected chi connectivity index (χ3v) is 4.69. The van der Waals surface area contributed by atoms with Crippen LogP contribution in [0.1, 0.15) is 47.3 Å². The van der Waals surface area contributed by atoms with Gasteiger partial charge in [-0.1, -0.05) is 24.3 Å². The summed E-state index contributed by atoms with van der Waals surface area (Å²) in [6.07, 6.45) is 1.45. The third kappa shape index (κ3) is 5.06. The molecule has 28 heavy (non-hydrogen) atoms. The zero-order valence-corrected chi connectivity index (χ0v) is 15.5. The van der Waals surface area contributed by atoms with Crippen LogP contribution in [0, 0.1) is 0 Å². The lowest BCUT2D eigenvalue weighted by Crippen LogP contribution is -2.27. The number of hydrogen-bond acceptors (Lipinski definition) is 3. The number of rotatable bonds is 7. The van der Waals surface area contributed by atoms with Crippen molar-refractivity contribution in [2.75, 3.05) is 6.54 Å². The van der Waals surface area contributed by atoms with Crippen molar-refractivity contribution in [3.63, 3.8) is 0 Å². The fourth-order valence-corrected chi connectivity index (χ4v) is 3.20. The lowest BCUT2D eigenvalue weighted by Gasteiger charge is -2.17. The first-order valence-electron chi connectivity index (χ1n) is 9.15. The maximum Gasteiger partial charge on any atom is 0.387 e. The van der Waals surface area contributed by atoms with Crippen LogP contribution in [0.5, 0.6) is 5.75 Å². The highest BCUT2D eigenvalue weighted by Crippen LogP contribution is 2.20. The minimum absolute atomic E-state index is 0.0708. The zero-order valence-electron chi connectivity index (χ0n) is 15.5. The van der Waals surface area contributed by atoms with Crippen LogP contribution in [0.4, 0.5) is 8.78 Å². The summed E-state index contributed by atoms with van der Waals surface area (Å²) >= 11 is 0. The average Bonchev–Trinajstić information content (AvgIpc) is 3.06. The summed E-state index contributed by atoms with van der Waals surface area (Å²) in [6.45, 7) is 0.192. The highest BCUT2D eigenvalue weighted by molar-refractivity contribution is 5.94. The van der Waals surface area contributed by atoms with Crippen LogP contribution in [0.2, 0.25) is 0 Å². The maximum absolute atomic E-state index is 12.6. The summed E-state index contributed by atoms with van der Waals surface area (Å²) < 4.78 is 28.8. The Morgan fingerprint density at radius 1 is 1.21 bits per heavy atom. The van der Waals surface area contributed by atoms with Gasteiger partial charge in [0.1, 0.15) is 5.75 Å². The van der Waals surface area contributed by atoms with Gasteiger partial charge in [0.25, 0.3) is 5.91 Å². The standard InChI is InChI=1S/C21H22F2N2O3/c1-14(16-7-9-18(10-8-16)28-21(22)23)24-20(27)17-5-2-4-15(12-17)13-25-11-3-6-19(25)26/h2,4-5,7-10,12,14,21H,3,6,11,13H2,1H3,(H,24,27). The summed E-state index contributed by atoms with van der Waals surface area (Å²) in [6, 6.07) is 13.0. The maximum atomic E-state index is 12.6. The number of carbonyl (C=O) groups excluding carboxylic acids is 2. The molecule has 1 unspecified atom stereocenters. The minimum atomic E-state index is -2.87. The van der Waals surface area contributed by atoms with Gasteiger partial charge in [0.05, 0.1) is 6.04 Å². The third-order valence-electron chi connectivity index (χ3n) is 4.69. The number of amides is 2. The van der Waals surface area contributed by atoms with Crippen molar-refractivity contribution in [2.24, 2.45) is 0 Å². The first-order valence-corrected chi connectivity index (χ1v) is 9.15. The van der Waals surface area contributed by atoms with Crippen molar-refractivity contribution in [3.05, 3.63) is 65.2 Å². The van der Waals surface area contributed by atoms with Gasteiger partial charge in [0.15, 0.2) is 0 Å². The smallest absolute Gasteiger partial charge is 0.387 e. The molecule has 1 fully saturated rings. The van der Waals surface area contributed by atoms with E-state index >= 15 is 0 Å². The van der Waals surface area contributed by atoms with Crippen LogP contribution in [-0.4, -0.2) is 29.9 Å². The van der Waals surface area contributed by atoms with E-state index in [0.29, 0.717) is 18.5 Å². The number of carbonyl (C=O) groups is 2. The lowest BCUT2D eigenvalue weighted by molar-refractivity contribution is -0.128. The number of halogens is 2. The Labute approximate surface area is 162 Å². The predicted molar refractivity (Wildman–Crippen MR) is 100 cm³/mol. The van der Waals surface area contributed by atoms with Crippen LogP contribution in [-0.2, 0) is 11.3 Å². The van der Waals surface area contributed by atoms with Crippen LogP contribution in [0.3, 0.4) is 0 Å². The second-order valence-corrected chi connectivity index (χ2v) is 6.76. The molecule has 0 radical (unpaired) electrons. The van der Waals surface area contributed by atoms with Crippen molar-refractivity contribution >= 4 is 11.8 Å². The summed E-state index contributed by atoms with van der Waals surface area (Å²) in [4.78, 5) is 26.2. The second-order valence-electron chi connectivity index (χ2n) is 6.76. The van der Waals surface area contributed by atoms with Gasteiger partial charge in [-0.3, -0.25) is 9.59 Å². The van der Waals surface area contributed by atoms with E-state index in [2.05, 4.69) is 10.1 Å². The number of ether oxygens (including phenoxy) is 1. The van der Waals surface area contributed by atoms with E-state index in [0.717, 1.165) is 24.1 Å². The number of likely N-dealkylation sites (tertiary alicyclic amines) is 1. The molecule has 0 aliphatic carbocycles. The van der Waals surface area contributed by atoms with Crippen LogP contribution < -0.4 is 10.1 Å². The number of nitrogens with one attached hydrogen (secondary N) is 1. The van der Waals surface area contributed by atoms with E-state index in [-0.39, 0.29) is 23.6 Å². The second kappa shape index (κ2) is 8.82. The molecule has 2 aromatic rings. The average molecular weight is 388 g/mol. The zero-order chi connectivity index (χ0) is 20.1.